The van der Waals surface area contributed by atoms with Gasteiger partial charge in [-0.1, -0.05) is 18.2 Å². The second-order valence-electron chi connectivity index (χ2n) is 6.92. The Kier molecular flexibility index (Phi) is 5.18. The maximum Gasteiger partial charge on any atom is 0.339 e. The third kappa shape index (κ3) is 4.02. The SMILES string of the molecule is COC(=O)c1cccnc1CN1CCN(Cc2cc3ccccc3[nH]2)CC1. The molecule has 27 heavy (non-hydrogen) atoms. The Morgan fingerprint density at radius 3 is 2.56 bits per heavy atom. The van der Waals surface area contributed by atoms with E-state index in [1.165, 1.54) is 23.7 Å². The van der Waals surface area contributed by atoms with Gasteiger partial charge in [0, 0.05) is 56.7 Å². The second kappa shape index (κ2) is 7.90. The van der Waals surface area contributed by atoms with E-state index in [4.69, 9.17) is 4.74 Å². The lowest BCUT2D eigenvalue weighted by molar-refractivity contribution is 0.0595. The van der Waals surface area contributed by atoms with Gasteiger partial charge in [0.1, 0.15) is 0 Å². The van der Waals surface area contributed by atoms with Crippen molar-refractivity contribution < 1.29 is 9.53 Å². The van der Waals surface area contributed by atoms with Crippen molar-refractivity contribution in [3.63, 3.8) is 0 Å². The molecule has 0 aliphatic carbocycles. The van der Waals surface area contributed by atoms with Gasteiger partial charge in [-0.25, -0.2) is 4.79 Å². The van der Waals surface area contributed by atoms with E-state index >= 15 is 0 Å². The highest BCUT2D eigenvalue weighted by atomic mass is 16.5. The van der Waals surface area contributed by atoms with E-state index in [9.17, 15) is 4.79 Å². The summed E-state index contributed by atoms with van der Waals surface area (Å²) in [6.07, 6.45) is 1.73. The van der Waals surface area contributed by atoms with Crippen molar-refractivity contribution in [2.24, 2.45) is 0 Å². The molecule has 2 aromatic heterocycles. The van der Waals surface area contributed by atoms with Crippen molar-refractivity contribution in [2.45, 2.75) is 13.1 Å². The number of rotatable bonds is 5. The van der Waals surface area contributed by atoms with Crippen LogP contribution in [0.15, 0.2) is 48.7 Å². The average molecular weight is 364 g/mol. The molecule has 1 fully saturated rings. The van der Waals surface area contributed by atoms with Gasteiger partial charge in [-0.2, -0.15) is 0 Å². The number of pyridine rings is 1. The largest absolute Gasteiger partial charge is 0.465 e. The number of hydrogen-bond donors (Lipinski definition) is 1. The van der Waals surface area contributed by atoms with E-state index in [1.807, 2.05) is 0 Å². The number of benzene rings is 1. The summed E-state index contributed by atoms with van der Waals surface area (Å²) in [4.78, 5) is 24.6. The minimum atomic E-state index is -0.324. The van der Waals surface area contributed by atoms with Crippen LogP contribution in [0.5, 0.6) is 0 Å². The maximum atomic E-state index is 11.9. The number of aromatic nitrogens is 2. The molecule has 0 atom stereocenters. The molecular weight excluding hydrogens is 340 g/mol. The van der Waals surface area contributed by atoms with Crippen molar-refractivity contribution in [1.29, 1.82) is 0 Å². The number of piperazine rings is 1. The molecule has 3 aromatic rings. The summed E-state index contributed by atoms with van der Waals surface area (Å²) in [5.41, 5.74) is 3.79. The molecule has 0 spiro atoms. The van der Waals surface area contributed by atoms with Crippen molar-refractivity contribution in [1.82, 2.24) is 19.8 Å². The first-order valence-corrected chi connectivity index (χ1v) is 9.26. The number of para-hydroxylation sites is 1. The molecule has 1 aromatic carbocycles. The summed E-state index contributed by atoms with van der Waals surface area (Å²) in [5.74, 6) is -0.324. The molecule has 1 aliphatic rings. The highest BCUT2D eigenvalue weighted by Gasteiger charge is 2.20. The van der Waals surface area contributed by atoms with Crippen LogP contribution in [-0.4, -0.2) is 59.0 Å². The molecule has 4 rings (SSSR count). The summed E-state index contributed by atoms with van der Waals surface area (Å²) in [5, 5.41) is 1.26. The average Bonchev–Trinajstić information content (AvgIpc) is 3.11. The summed E-state index contributed by atoms with van der Waals surface area (Å²) >= 11 is 0. The van der Waals surface area contributed by atoms with Crippen LogP contribution < -0.4 is 0 Å². The van der Waals surface area contributed by atoms with Gasteiger partial charge >= 0.3 is 5.97 Å². The summed E-state index contributed by atoms with van der Waals surface area (Å²) < 4.78 is 4.87. The van der Waals surface area contributed by atoms with Gasteiger partial charge in [-0.05, 0) is 29.7 Å². The van der Waals surface area contributed by atoms with Gasteiger partial charge < -0.3 is 9.72 Å². The number of carbonyl (C=O) groups excluding carboxylic acids is 1. The highest BCUT2D eigenvalue weighted by Crippen LogP contribution is 2.17. The molecule has 0 unspecified atom stereocenters. The quantitative estimate of drug-likeness (QED) is 0.706. The molecule has 6 heteroatoms. The van der Waals surface area contributed by atoms with Crippen molar-refractivity contribution >= 4 is 16.9 Å². The third-order valence-corrected chi connectivity index (χ3v) is 5.11. The van der Waals surface area contributed by atoms with Gasteiger partial charge in [0.05, 0.1) is 18.4 Å². The number of ether oxygens (including phenoxy) is 1. The molecule has 0 radical (unpaired) electrons. The van der Waals surface area contributed by atoms with Crippen LogP contribution in [0.25, 0.3) is 10.9 Å². The lowest BCUT2D eigenvalue weighted by Crippen LogP contribution is -2.45. The van der Waals surface area contributed by atoms with Crippen LogP contribution in [0.2, 0.25) is 0 Å². The summed E-state index contributed by atoms with van der Waals surface area (Å²) in [7, 11) is 1.40. The first kappa shape index (κ1) is 17.7. The Bertz CT molecular complexity index is 896. The van der Waals surface area contributed by atoms with E-state index in [1.54, 1.807) is 18.3 Å². The predicted octanol–water partition coefficient (Wildman–Crippen LogP) is 2.67. The third-order valence-electron chi connectivity index (χ3n) is 5.11. The van der Waals surface area contributed by atoms with Crippen LogP contribution in [0.4, 0.5) is 0 Å². The van der Waals surface area contributed by atoms with E-state index in [0.717, 1.165) is 38.4 Å². The molecule has 1 N–H and O–H groups in total. The normalized spacial score (nSPS) is 15.9. The first-order valence-electron chi connectivity index (χ1n) is 9.26. The summed E-state index contributed by atoms with van der Waals surface area (Å²) in [6.45, 7) is 5.51. The fourth-order valence-electron chi connectivity index (χ4n) is 3.64. The Balaban J connectivity index is 1.35. The Labute approximate surface area is 158 Å². The van der Waals surface area contributed by atoms with Gasteiger partial charge in [-0.15, -0.1) is 0 Å². The Hall–Kier alpha value is -2.70. The van der Waals surface area contributed by atoms with E-state index < -0.39 is 0 Å². The van der Waals surface area contributed by atoms with E-state index in [0.29, 0.717) is 12.1 Å². The zero-order chi connectivity index (χ0) is 18.6. The highest BCUT2D eigenvalue weighted by molar-refractivity contribution is 5.90. The fraction of sp³-hybridized carbons (Fsp3) is 0.333. The minimum Gasteiger partial charge on any atom is -0.465 e. The number of hydrogen-bond acceptors (Lipinski definition) is 5. The Morgan fingerprint density at radius 1 is 1.07 bits per heavy atom. The van der Waals surface area contributed by atoms with Gasteiger partial charge in [0.2, 0.25) is 0 Å². The lowest BCUT2D eigenvalue weighted by atomic mass is 10.1. The van der Waals surface area contributed by atoms with Crippen molar-refractivity contribution in [3.05, 3.63) is 65.6 Å². The Morgan fingerprint density at radius 2 is 1.81 bits per heavy atom. The molecule has 1 aliphatic heterocycles. The number of aromatic amines is 1. The number of H-pyrrole nitrogens is 1. The number of methoxy groups -OCH3 is 1. The number of nitrogens with one attached hydrogen (secondary N) is 1. The molecule has 0 saturated carbocycles. The standard InChI is InChI=1S/C21H24N4O2/c1-27-21(26)18-6-4-8-22-20(18)15-25-11-9-24(10-12-25)14-17-13-16-5-2-3-7-19(16)23-17/h2-8,13,23H,9-12,14-15H2,1H3. The molecule has 1 saturated heterocycles. The lowest BCUT2D eigenvalue weighted by Gasteiger charge is -2.34. The monoisotopic (exact) mass is 364 g/mol. The predicted molar refractivity (Wildman–Crippen MR) is 104 cm³/mol. The maximum absolute atomic E-state index is 11.9. The van der Waals surface area contributed by atoms with Crippen LogP contribution in [0.3, 0.4) is 0 Å². The summed E-state index contributed by atoms with van der Waals surface area (Å²) in [6, 6.07) is 14.2. The van der Waals surface area contributed by atoms with Crippen molar-refractivity contribution in [3.8, 4) is 0 Å². The van der Waals surface area contributed by atoms with E-state index in [-0.39, 0.29) is 5.97 Å². The topological polar surface area (TPSA) is 61.5 Å². The van der Waals surface area contributed by atoms with Gasteiger partial charge in [0.15, 0.2) is 0 Å². The van der Waals surface area contributed by atoms with Gasteiger partial charge in [-0.3, -0.25) is 14.8 Å². The molecular formula is C21H24N4O2. The van der Waals surface area contributed by atoms with E-state index in [2.05, 4.69) is 50.1 Å². The minimum absolute atomic E-state index is 0.324. The molecule has 3 heterocycles. The van der Waals surface area contributed by atoms with Crippen LogP contribution in [0.1, 0.15) is 21.7 Å². The van der Waals surface area contributed by atoms with Crippen LogP contribution >= 0.6 is 0 Å². The first-order chi connectivity index (χ1) is 13.2. The molecule has 6 nitrogen and oxygen atoms in total. The zero-order valence-corrected chi connectivity index (χ0v) is 15.5. The molecule has 0 amide bonds. The number of fused-ring (bicyclic) bond motifs is 1. The van der Waals surface area contributed by atoms with Crippen molar-refractivity contribution in [2.75, 3.05) is 33.3 Å². The number of esters is 1. The molecule has 0 bridgehead atoms. The van der Waals surface area contributed by atoms with Crippen LogP contribution in [0, 0.1) is 0 Å². The van der Waals surface area contributed by atoms with Gasteiger partial charge in [0.25, 0.3) is 0 Å². The van der Waals surface area contributed by atoms with Crippen LogP contribution in [-0.2, 0) is 17.8 Å². The smallest absolute Gasteiger partial charge is 0.339 e. The zero-order valence-electron chi connectivity index (χ0n) is 15.5. The fourth-order valence-corrected chi connectivity index (χ4v) is 3.64. The second-order valence-corrected chi connectivity index (χ2v) is 6.92. The number of nitrogens with zero attached hydrogens (tertiary/aromatic N) is 3. The molecule has 140 valence electrons. The number of carbonyl (C=O) groups is 1.